The van der Waals surface area contributed by atoms with Gasteiger partial charge in [-0.25, -0.2) is 4.39 Å². The number of carboxylic acid groups (broad SMARTS) is 1. The zero-order chi connectivity index (χ0) is 12.1. The summed E-state index contributed by atoms with van der Waals surface area (Å²) in [5.41, 5.74) is 0.395. The number of carboxylic acids is 1. The van der Waals surface area contributed by atoms with Gasteiger partial charge in [-0.3, -0.25) is 4.79 Å². The van der Waals surface area contributed by atoms with E-state index in [2.05, 4.69) is 0 Å². The van der Waals surface area contributed by atoms with Gasteiger partial charge < -0.3 is 9.90 Å². The molecule has 16 heavy (non-hydrogen) atoms. The van der Waals surface area contributed by atoms with Gasteiger partial charge in [0.2, 0.25) is 0 Å². The lowest BCUT2D eigenvalue weighted by Gasteiger charge is -2.10. The Morgan fingerprint density at radius 2 is 1.81 bits per heavy atom. The Bertz CT molecular complexity index is 384. The molecule has 0 radical (unpaired) electrons. The fourth-order valence-electron chi connectivity index (χ4n) is 1.43. The second-order valence-electron chi connectivity index (χ2n) is 3.82. The molecule has 0 N–H and O–H groups in total. The van der Waals surface area contributed by atoms with Crippen LogP contribution in [0.3, 0.4) is 0 Å². The Morgan fingerprint density at radius 1 is 1.25 bits per heavy atom. The van der Waals surface area contributed by atoms with Crippen molar-refractivity contribution >= 4 is 11.8 Å². The summed E-state index contributed by atoms with van der Waals surface area (Å²) in [6.07, 6.45) is -0.0213. The van der Waals surface area contributed by atoms with Crippen LogP contribution in [-0.2, 0) is 4.79 Å². The minimum atomic E-state index is -1.17. The van der Waals surface area contributed by atoms with Crippen molar-refractivity contribution in [1.82, 2.24) is 0 Å². The van der Waals surface area contributed by atoms with Crippen LogP contribution in [0.25, 0.3) is 0 Å². The summed E-state index contributed by atoms with van der Waals surface area (Å²) in [5, 5.41) is 10.3. The largest absolute Gasteiger partial charge is 0.550 e. The van der Waals surface area contributed by atoms with Gasteiger partial charge in [0.1, 0.15) is 5.82 Å². The van der Waals surface area contributed by atoms with Crippen molar-refractivity contribution in [2.24, 2.45) is 5.92 Å². The number of hydrogen-bond acceptors (Lipinski definition) is 3. The number of aliphatic carboxylic acids is 1. The maximum Gasteiger partial charge on any atom is 0.163 e. The van der Waals surface area contributed by atoms with E-state index in [-0.39, 0.29) is 24.5 Å². The Kier molecular flexibility index (Phi) is 4.17. The topological polar surface area (TPSA) is 57.2 Å². The smallest absolute Gasteiger partial charge is 0.163 e. The average Bonchev–Trinajstić information content (AvgIpc) is 2.16. The van der Waals surface area contributed by atoms with Gasteiger partial charge in [0, 0.05) is 18.0 Å². The molecule has 1 rings (SSSR count). The fraction of sp³-hybridized carbons (Fsp3) is 0.333. The van der Waals surface area contributed by atoms with E-state index in [0.29, 0.717) is 5.56 Å². The Morgan fingerprint density at radius 3 is 2.31 bits per heavy atom. The van der Waals surface area contributed by atoms with Crippen LogP contribution in [0.4, 0.5) is 4.39 Å². The molecule has 0 unspecified atom stereocenters. The van der Waals surface area contributed by atoms with Crippen LogP contribution in [0, 0.1) is 11.7 Å². The molecule has 1 aromatic rings. The molecule has 0 aliphatic carbocycles. The van der Waals surface area contributed by atoms with Gasteiger partial charge >= 0.3 is 0 Å². The molecule has 0 aromatic heterocycles. The van der Waals surface area contributed by atoms with E-state index in [0.717, 1.165) is 0 Å². The molecule has 0 saturated carbocycles. The van der Waals surface area contributed by atoms with E-state index in [1.165, 1.54) is 24.3 Å². The van der Waals surface area contributed by atoms with Gasteiger partial charge in [-0.15, -0.1) is 0 Å². The molecule has 0 heterocycles. The maximum atomic E-state index is 12.6. The molecule has 0 fully saturated rings. The third-order valence-electron chi connectivity index (χ3n) is 2.22. The van der Waals surface area contributed by atoms with E-state index < -0.39 is 11.8 Å². The third kappa shape index (κ3) is 3.81. The normalized spacial score (nSPS) is 12.1. The van der Waals surface area contributed by atoms with Crippen molar-refractivity contribution in [3.8, 4) is 0 Å². The molecule has 0 aliphatic heterocycles. The van der Waals surface area contributed by atoms with Crippen LogP contribution in [0.15, 0.2) is 24.3 Å². The zero-order valence-corrected chi connectivity index (χ0v) is 8.90. The van der Waals surface area contributed by atoms with Crippen molar-refractivity contribution in [3.63, 3.8) is 0 Å². The SMILES string of the molecule is C[C@H](CC(=O)[O-])CC(=O)c1ccc(F)cc1. The first-order valence-electron chi connectivity index (χ1n) is 4.97. The van der Waals surface area contributed by atoms with Gasteiger partial charge in [-0.1, -0.05) is 6.92 Å². The highest BCUT2D eigenvalue weighted by atomic mass is 19.1. The molecule has 0 amide bonds. The van der Waals surface area contributed by atoms with Gasteiger partial charge in [0.15, 0.2) is 5.78 Å². The Hall–Kier alpha value is -1.71. The Balaban J connectivity index is 2.58. The van der Waals surface area contributed by atoms with Gasteiger partial charge in [0.25, 0.3) is 0 Å². The highest BCUT2D eigenvalue weighted by molar-refractivity contribution is 5.96. The highest BCUT2D eigenvalue weighted by Gasteiger charge is 2.11. The lowest BCUT2D eigenvalue weighted by atomic mass is 9.97. The predicted molar refractivity (Wildman–Crippen MR) is 54.1 cm³/mol. The minimum absolute atomic E-state index is 0.125. The number of rotatable bonds is 5. The molecule has 0 spiro atoms. The van der Waals surface area contributed by atoms with Crippen molar-refractivity contribution < 1.29 is 19.1 Å². The van der Waals surface area contributed by atoms with E-state index in [4.69, 9.17) is 0 Å². The van der Waals surface area contributed by atoms with Gasteiger partial charge in [0.05, 0.1) is 0 Å². The molecular weight excluding hydrogens is 211 g/mol. The molecule has 1 aromatic carbocycles. The molecule has 1 atom stereocenters. The first kappa shape index (κ1) is 12.4. The van der Waals surface area contributed by atoms with Crippen molar-refractivity contribution in [2.45, 2.75) is 19.8 Å². The van der Waals surface area contributed by atoms with Crippen LogP contribution in [0.5, 0.6) is 0 Å². The van der Waals surface area contributed by atoms with Crippen molar-refractivity contribution in [3.05, 3.63) is 35.6 Å². The minimum Gasteiger partial charge on any atom is -0.550 e. The molecular formula is C12H12FO3-. The summed E-state index contributed by atoms with van der Waals surface area (Å²) in [4.78, 5) is 21.9. The van der Waals surface area contributed by atoms with E-state index in [1.807, 2.05) is 0 Å². The second-order valence-corrected chi connectivity index (χ2v) is 3.82. The first-order valence-corrected chi connectivity index (χ1v) is 4.97. The summed E-state index contributed by atoms with van der Waals surface area (Å²) < 4.78 is 12.6. The van der Waals surface area contributed by atoms with E-state index >= 15 is 0 Å². The summed E-state index contributed by atoms with van der Waals surface area (Å²) in [7, 11) is 0. The summed E-state index contributed by atoms with van der Waals surface area (Å²) in [6, 6.07) is 5.19. The van der Waals surface area contributed by atoms with Crippen LogP contribution < -0.4 is 5.11 Å². The standard InChI is InChI=1S/C12H13FO3/c1-8(7-12(15)16)6-11(14)9-2-4-10(13)5-3-9/h2-5,8H,6-7H2,1H3,(H,15,16)/p-1/t8-/m0/s1. The number of halogens is 1. The third-order valence-corrected chi connectivity index (χ3v) is 2.22. The average molecular weight is 223 g/mol. The monoisotopic (exact) mass is 223 g/mol. The molecule has 0 aliphatic rings. The molecule has 4 heteroatoms. The maximum absolute atomic E-state index is 12.6. The first-order chi connectivity index (χ1) is 7.49. The van der Waals surface area contributed by atoms with E-state index in [1.54, 1.807) is 6.92 Å². The molecule has 0 saturated heterocycles. The second kappa shape index (κ2) is 5.39. The van der Waals surface area contributed by atoms with Crippen LogP contribution in [0.2, 0.25) is 0 Å². The quantitative estimate of drug-likeness (QED) is 0.704. The summed E-state index contributed by atoms with van der Waals surface area (Å²) in [6.45, 7) is 1.66. The number of Topliss-reactive ketones (excluding diaryl/α,β-unsaturated/α-hetero) is 1. The highest BCUT2D eigenvalue weighted by Crippen LogP contribution is 2.13. The Labute approximate surface area is 92.9 Å². The fourth-order valence-corrected chi connectivity index (χ4v) is 1.43. The zero-order valence-electron chi connectivity index (χ0n) is 8.90. The van der Waals surface area contributed by atoms with Crippen LogP contribution in [-0.4, -0.2) is 11.8 Å². The summed E-state index contributed by atoms with van der Waals surface area (Å²) >= 11 is 0. The van der Waals surface area contributed by atoms with Crippen LogP contribution >= 0.6 is 0 Å². The number of carbonyl (C=O) groups excluding carboxylic acids is 2. The molecule has 0 bridgehead atoms. The number of hydrogen-bond donors (Lipinski definition) is 0. The lowest BCUT2D eigenvalue weighted by molar-refractivity contribution is -0.306. The van der Waals surface area contributed by atoms with Gasteiger partial charge in [-0.2, -0.15) is 0 Å². The van der Waals surface area contributed by atoms with Crippen LogP contribution in [0.1, 0.15) is 30.1 Å². The number of ketones is 1. The molecule has 3 nitrogen and oxygen atoms in total. The lowest BCUT2D eigenvalue weighted by Crippen LogP contribution is -2.25. The van der Waals surface area contributed by atoms with Crippen molar-refractivity contribution in [2.75, 3.05) is 0 Å². The molecule has 86 valence electrons. The van der Waals surface area contributed by atoms with E-state index in [9.17, 15) is 19.1 Å². The number of benzene rings is 1. The predicted octanol–water partition coefficient (Wildman–Crippen LogP) is 1.17. The summed E-state index contributed by atoms with van der Waals surface area (Å²) in [5.74, 6) is -2.03. The number of carbonyl (C=O) groups is 2. The van der Waals surface area contributed by atoms with Crippen molar-refractivity contribution in [1.29, 1.82) is 0 Å². The van der Waals surface area contributed by atoms with Gasteiger partial charge in [-0.05, 0) is 36.6 Å².